The van der Waals surface area contributed by atoms with E-state index in [9.17, 15) is 4.79 Å². The van der Waals surface area contributed by atoms with Crippen LogP contribution in [0.3, 0.4) is 0 Å². The van der Waals surface area contributed by atoms with Gasteiger partial charge in [-0.25, -0.2) is 0 Å². The second kappa shape index (κ2) is 8.07. The predicted octanol–water partition coefficient (Wildman–Crippen LogP) is 1.91. The number of hydrogen-bond donors (Lipinski definition) is 2. The van der Waals surface area contributed by atoms with E-state index in [4.69, 9.17) is 4.74 Å². The lowest BCUT2D eigenvalue weighted by molar-refractivity contribution is -0.134. The molecule has 26 heavy (non-hydrogen) atoms. The smallest absolute Gasteiger partial charge is 0.228 e. The second-order valence-electron chi connectivity index (χ2n) is 8.07. The summed E-state index contributed by atoms with van der Waals surface area (Å²) in [5.74, 6) is 0.771. The molecule has 0 spiro atoms. The monoisotopic (exact) mass is 357 g/mol. The maximum Gasteiger partial charge on any atom is 0.228 e. The highest BCUT2D eigenvalue weighted by molar-refractivity contribution is 5.83. The summed E-state index contributed by atoms with van der Waals surface area (Å²) < 4.78 is 5.45. The Bertz CT molecular complexity index is 629. The van der Waals surface area contributed by atoms with E-state index in [-0.39, 0.29) is 11.3 Å². The number of benzene rings is 1. The zero-order chi connectivity index (χ0) is 17.8. The quantitative estimate of drug-likeness (QED) is 0.845. The van der Waals surface area contributed by atoms with Gasteiger partial charge in [0.15, 0.2) is 0 Å². The Morgan fingerprint density at radius 2 is 2.04 bits per heavy atom. The molecular formula is C21H31N3O2. The summed E-state index contributed by atoms with van der Waals surface area (Å²) in [6.45, 7) is 7.01. The van der Waals surface area contributed by atoms with Crippen molar-refractivity contribution < 1.29 is 9.53 Å². The van der Waals surface area contributed by atoms with Crippen molar-refractivity contribution in [1.82, 2.24) is 15.5 Å². The fourth-order valence-corrected chi connectivity index (χ4v) is 4.93. The van der Waals surface area contributed by atoms with Gasteiger partial charge < -0.3 is 15.4 Å². The van der Waals surface area contributed by atoms with Crippen LogP contribution in [0.25, 0.3) is 0 Å². The van der Waals surface area contributed by atoms with Crippen molar-refractivity contribution in [3.8, 4) is 0 Å². The van der Waals surface area contributed by atoms with Crippen LogP contribution in [0, 0.1) is 11.3 Å². The minimum Gasteiger partial charge on any atom is -0.379 e. The van der Waals surface area contributed by atoms with Crippen molar-refractivity contribution >= 4 is 5.91 Å². The molecule has 0 unspecified atom stereocenters. The average Bonchev–Trinajstić information content (AvgIpc) is 3.13. The molecule has 1 aromatic carbocycles. The minimum atomic E-state index is -0.169. The number of fused-ring (bicyclic) bond motifs is 1. The molecule has 2 saturated heterocycles. The fraction of sp³-hybridized carbons (Fsp3) is 0.667. The van der Waals surface area contributed by atoms with E-state index < -0.39 is 0 Å². The van der Waals surface area contributed by atoms with E-state index in [1.54, 1.807) is 0 Å². The van der Waals surface area contributed by atoms with Crippen LogP contribution in [0.4, 0.5) is 0 Å². The largest absolute Gasteiger partial charge is 0.379 e. The van der Waals surface area contributed by atoms with Crippen LogP contribution in [-0.4, -0.2) is 50.2 Å². The number of carbonyl (C=O) groups is 1. The molecule has 0 bridgehead atoms. The van der Waals surface area contributed by atoms with Gasteiger partial charge in [-0.1, -0.05) is 37.1 Å². The van der Waals surface area contributed by atoms with Crippen LogP contribution in [0.15, 0.2) is 24.3 Å². The lowest BCUT2D eigenvalue weighted by Gasteiger charge is -2.37. The van der Waals surface area contributed by atoms with Crippen LogP contribution >= 0.6 is 0 Å². The molecule has 5 heteroatoms. The molecule has 2 heterocycles. The van der Waals surface area contributed by atoms with Crippen molar-refractivity contribution in [2.45, 2.75) is 38.8 Å². The molecule has 4 rings (SSSR count). The molecular weight excluding hydrogens is 326 g/mol. The second-order valence-corrected chi connectivity index (χ2v) is 8.07. The van der Waals surface area contributed by atoms with Crippen LogP contribution in [0.2, 0.25) is 0 Å². The molecule has 1 saturated carbocycles. The number of morpholine rings is 1. The number of carbonyl (C=O) groups excluding carboxylic acids is 1. The van der Waals surface area contributed by atoms with Crippen LogP contribution in [-0.2, 0) is 22.6 Å². The lowest BCUT2D eigenvalue weighted by Crippen LogP contribution is -2.47. The summed E-state index contributed by atoms with van der Waals surface area (Å²) in [6.07, 6.45) is 4.67. The van der Waals surface area contributed by atoms with E-state index in [0.29, 0.717) is 12.5 Å². The first-order valence-electron chi connectivity index (χ1n) is 10.1. The Kier molecular flexibility index (Phi) is 5.57. The number of nitrogens with one attached hydrogen (secondary N) is 2. The van der Waals surface area contributed by atoms with Gasteiger partial charge in [-0.05, 0) is 36.4 Å². The number of nitrogens with zero attached hydrogens (tertiary/aromatic N) is 1. The lowest BCUT2D eigenvalue weighted by atomic mass is 9.67. The molecule has 0 aromatic heterocycles. The predicted molar refractivity (Wildman–Crippen MR) is 102 cm³/mol. The molecule has 1 aliphatic carbocycles. The number of ether oxygens (including phenoxy) is 1. The van der Waals surface area contributed by atoms with Gasteiger partial charge in [-0.15, -0.1) is 0 Å². The van der Waals surface area contributed by atoms with Crippen molar-refractivity contribution in [2.24, 2.45) is 11.3 Å². The van der Waals surface area contributed by atoms with Crippen LogP contribution in [0.5, 0.6) is 0 Å². The molecule has 2 aliphatic heterocycles. The zero-order valence-corrected chi connectivity index (χ0v) is 15.6. The highest BCUT2D eigenvalue weighted by Gasteiger charge is 2.49. The Balaban J connectivity index is 1.40. The van der Waals surface area contributed by atoms with E-state index in [0.717, 1.165) is 52.4 Å². The molecule has 3 fully saturated rings. The van der Waals surface area contributed by atoms with Crippen LogP contribution < -0.4 is 10.6 Å². The summed E-state index contributed by atoms with van der Waals surface area (Å²) in [6, 6.07) is 8.51. The van der Waals surface area contributed by atoms with Gasteiger partial charge in [0.05, 0.1) is 18.6 Å². The molecule has 5 nitrogen and oxygen atoms in total. The highest BCUT2D eigenvalue weighted by atomic mass is 16.5. The van der Waals surface area contributed by atoms with E-state index in [1.807, 2.05) is 0 Å². The van der Waals surface area contributed by atoms with E-state index in [2.05, 4.69) is 39.8 Å². The normalized spacial score (nSPS) is 29.3. The molecule has 0 radical (unpaired) electrons. The first kappa shape index (κ1) is 18.0. The van der Waals surface area contributed by atoms with Gasteiger partial charge in [-0.2, -0.15) is 0 Å². The van der Waals surface area contributed by atoms with Crippen molar-refractivity contribution in [2.75, 3.05) is 39.4 Å². The Labute approximate surface area is 156 Å². The molecule has 2 atom stereocenters. The molecule has 1 amide bonds. The standard InChI is InChI=1S/C21H31N3O2/c25-20(21-8-4-3-7-19(21)14-22-16-21)23-13-17-5-1-2-6-18(17)15-24-9-11-26-12-10-24/h1-2,5-6,19,22H,3-4,7-16H2,(H,23,25)/t19-,21+/m0/s1. The van der Waals surface area contributed by atoms with E-state index in [1.165, 1.54) is 30.4 Å². The summed E-state index contributed by atoms with van der Waals surface area (Å²) >= 11 is 0. The van der Waals surface area contributed by atoms with Gasteiger partial charge in [0.2, 0.25) is 5.91 Å². The summed E-state index contributed by atoms with van der Waals surface area (Å²) in [5.41, 5.74) is 2.39. The van der Waals surface area contributed by atoms with Gasteiger partial charge >= 0.3 is 0 Å². The van der Waals surface area contributed by atoms with Gasteiger partial charge in [-0.3, -0.25) is 9.69 Å². The SMILES string of the molecule is O=C(NCc1ccccc1CN1CCOCC1)[C@@]12CCCC[C@H]1CNC2. The molecule has 142 valence electrons. The topological polar surface area (TPSA) is 53.6 Å². The summed E-state index contributed by atoms with van der Waals surface area (Å²) in [4.78, 5) is 15.5. The first-order chi connectivity index (χ1) is 12.8. The van der Waals surface area contributed by atoms with Crippen molar-refractivity contribution in [3.05, 3.63) is 35.4 Å². The number of amides is 1. The summed E-state index contributed by atoms with van der Waals surface area (Å²) in [7, 11) is 0. The van der Waals surface area contributed by atoms with Gasteiger partial charge in [0, 0.05) is 32.7 Å². The highest BCUT2D eigenvalue weighted by Crippen LogP contribution is 2.43. The van der Waals surface area contributed by atoms with Gasteiger partial charge in [0.25, 0.3) is 0 Å². The number of hydrogen-bond acceptors (Lipinski definition) is 4. The maximum atomic E-state index is 13.1. The Hall–Kier alpha value is -1.43. The maximum absolute atomic E-state index is 13.1. The van der Waals surface area contributed by atoms with Crippen molar-refractivity contribution in [3.63, 3.8) is 0 Å². The third-order valence-electron chi connectivity index (χ3n) is 6.55. The number of rotatable bonds is 5. The third-order valence-corrected chi connectivity index (χ3v) is 6.55. The Morgan fingerprint density at radius 1 is 1.23 bits per heavy atom. The molecule has 3 aliphatic rings. The average molecular weight is 357 g/mol. The third kappa shape index (κ3) is 3.66. The molecule has 1 aromatic rings. The van der Waals surface area contributed by atoms with E-state index >= 15 is 0 Å². The molecule has 2 N–H and O–H groups in total. The zero-order valence-electron chi connectivity index (χ0n) is 15.6. The first-order valence-corrected chi connectivity index (χ1v) is 10.1. The summed E-state index contributed by atoms with van der Waals surface area (Å²) in [5, 5.41) is 6.76. The minimum absolute atomic E-state index is 0.169. The van der Waals surface area contributed by atoms with Gasteiger partial charge in [0.1, 0.15) is 0 Å². The Morgan fingerprint density at radius 3 is 2.88 bits per heavy atom. The fourth-order valence-electron chi connectivity index (χ4n) is 4.93. The van der Waals surface area contributed by atoms with Crippen molar-refractivity contribution in [1.29, 1.82) is 0 Å². The van der Waals surface area contributed by atoms with Crippen LogP contribution in [0.1, 0.15) is 36.8 Å².